The van der Waals surface area contributed by atoms with Gasteiger partial charge in [0.2, 0.25) is 5.75 Å². The summed E-state index contributed by atoms with van der Waals surface area (Å²) in [5.74, 6) is -0.788. The van der Waals surface area contributed by atoms with Crippen molar-refractivity contribution in [1.29, 1.82) is 0 Å². The fourth-order valence-corrected chi connectivity index (χ4v) is 2.12. The van der Waals surface area contributed by atoms with E-state index in [2.05, 4.69) is 15.9 Å². The first kappa shape index (κ1) is 15.1. The summed E-state index contributed by atoms with van der Waals surface area (Å²) in [6, 6.07) is 7.68. The summed E-state index contributed by atoms with van der Waals surface area (Å²) in [5, 5.41) is 11.1. The van der Waals surface area contributed by atoms with E-state index in [-0.39, 0.29) is 28.5 Å². The number of ether oxygens (including phenoxy) is 1. The largest absolute Gasteiger partial charge is 0.450 e. The van der Waals surface area contributed by atoms with Crippen LogP contribution in [0.3, 0.4) is 0 Å². The number of benzene rings is 2. The minimum absolute atomic E-state index is 0.0671. The zero-order valence-corrected chi connectivity index (χ0v) is 12.4. The fourth-order valence-electron chi connectivity index (χ4n) is 1.68. The first-order chi connectivity index (χ1) is 9.86. The van der Waals surface area contributed by atoms with E-state index in [0.717, 1.165) is 12.1 Å². The van der Waals surface area contributed by atoms with Gasteiger partial charge in [-0.3, -0.25) is 14.9 Å². The highest BCUT2D eigenvalue weighted by Gasteiger charge is 2.18. The van der Waals surface area contributed by atoms with Gasteiger partial charge in [-0.2, -0.15) is 0 Å². The Balaban J connectivity index is 2.43. The second-order valence-corrected chi connectivity index (χ2v) is 5.12. The second kappa shape index (κ2) is 6.01. The number of carbonyl (C=O) groups excluding carboxylic acids is 1. The van der Waals surface area contributed by atoms with Crippen LogP contribution in [0, 0.1) is 15.9 Å². The molecule has 5 nitrogen and oxygen atoms in total. The molecule has 7 heteroatoms. The van der Waals surface area contributed by atoms with Crippen LogP contribution < -0.4 is 4.74 Å². The highest BCUT2D eigenvalue weighted by atomic mass is 79.9. The summed E-state index contributed by atoms with van der Waals surface area (Å²) in [6.45, 7) is 1.31. The average molecular weight is 354 g/mol. The van der Waals surface area contributed by atoms with E-state index in [1.807, 2.05) is 0 Å². The number of hydrogen-bond acceptors (Lipinski definition) is 4. The number of carbonyl (C=O) groups is 1. The molecule has 0 fully saturated rings. The average Bonchev–Trinajstić information content (AvgIpc) is 2.37. The second-order valence-electron chi connectivity index (χ2n) is 4.20. The van der Waals surface area contributed by atoms with Crippen molar-refractivity contribution in [3.05, 3.63) is 62.4 Å². The minimum Gasteiger partial charge on any atom is -0.450 e. The molecule has 0 aliphatic rings. The lowest BCUT2D eigenvalue weighted by atomic mass is 10.1. The van der Waals surface area contributed by atoms with E-state index in [1.54, 1.807) is 0 Å². The molecular formula is C14H9BrFNO4. The summed E-state index contributed by atoms with van der Waals surface area (Å²) in [5.41, 5.74) is -0.155. The Labute approximate surface area is 127 Å². The Kier molecular flexibility index (Phi) is 4.32. The molecule has 0 aliphatic carbocycles. The molecule has 0 unspecified atom stereocenters. The Hall–Kier alpha value is -2.28. The molecule has 0 N–H and O–H groups in total. The van der Waals surface area contributed by atoms with Crippen molar-refractivity contribution in [3.8, 4) is 11.5 Å². The van der Waals surface area contributed by atoms with Gasteiger partial charge in [0.25, 0.3) is 0 Å². The van der Waals surface area contributed by atoms with Gasteiger partial charge in [0.1, 0.15) is 11.6 Å². The smallest absolute Gasteiger partial charge is 0.312 e. The number of nitro benzene ring substituents is 1. The van der Waals surface area contributed by atoms with Gasteiger partial charge in [0.15, 0.2) is 5.78 Å². The summed E-state index contributed by atoms with van der Waals surface area (Å²) in [7, 11) is 0. The van der Waals surface area contributed by atoms with Gasteiger partial charge < -0.3 is 4.74 Å². The Morgan fingerprint density at radius 2 is 2.00 bits per heavy atom. The number of halogens is 2. The van der Waals surface area contributed by atoms with E-state index in [9.17, 15) is 19.3 Å². The van der Waals surface area contributed by atoms with Gasteiger partial charge in [-0.05, 0) is 31.2 Å². The highest BCUT2D eigenvalue weighted by Crippen LogP contribution is 2.33. The lowest BCUT2D eigenvalue weighted by molar-refractivity contribution is -0.385. The Bertz CT molecular complexity index is 713. The van der Waals surface area contributed by atoms with Gasteiger partial charge >= 0.3 is 5.69 Å². The van der Waals surface area contributed by atoms with Crippen LogP contribution in [0.4, 0.5) is 10.1 Å². The molecule has 0 atom stereocenters. The first-order valence-electron chi connectivity index (χ1n) is 5.80. The number of hydrogen-bond donors (Lipinski definition) is 0. The maximum absolute atomic E-state index is 13.3. The topological polar surface area (TPSA) is 69.4 Å². The van der Waals surface area contributed by atoms with Crippen LogP contribution in [0.5, 0.6) is 11.5 Å². The third-order valence-electron chi connectivity index (χ3n) is 2.63. The van der Waals surface area contributed by atoms with E-state index < -0.39 is 10.7 Å². The molecule has 2 aromatic carbocycles. The van der Waals surface area contributed by atoms with E-state index in [1.165, 1.54) is 31.2 Å². The van der Waals surface area contributed by atoms with E-state index in [4.69, 9.17) is 4.74 Å². The zero-order valence-electron chi connectivity index (χ0n) is 10.8. The molecule has 0 bridgehead atoms. The quantitative estimate of drug-likeness (QED) is 0.461. The molecule has 0 aliphatic heterocycles. The Morgan fingerprint density at radius 1 is 1.29 bits per heavy atom. The SMILES string of the molecule is CC(=O)c1ccc(Oc2cc(F)cc(Br)c2)c([N+](=O)[O-])c1. The zero-order chi connectivity index (χ0) is 15.6. The molecule has 0 amide bonds. The summed E-state index contributed by atoms with van der Waals surface area (Å²) in [4.78, 5) is 21.7. The molecule has 0 spiro atoms. The van der Waals surface area contributed by atoms with Crippen molar-refractivity contribution in [1.82, 2.24) is 0 Å². The summed E-state index contributed by atoms with van der Waals surface area (Å²) >= 11 is 3.11. The standard InChI is InChI=1S/C14H9BrFNO4/c1-8(18)9-2-3-14(13(4-9)17(19)20)21-12-6-10(15)5-11(16)7-12/h2-7H,1H3. The predicted octanol–water partition coefficient (Wildman–Crippen LogP) is 4.49. The normalized spacial score (nSPS) is 10.2. The number of rotatable bonds is 4. The van der Waals surface area contributed by atoms with Crippen LogP contribution in [0.2, 0.25) is 0 Å². The monoisotopic (exact) mass is 353 g/mol. The number of nitro groups is 1. The molecule has 0 saturated heterocycles. The lowest BCUT2D eigenvalue weighted by Crippen LogP contribution is -1.98. The molecule has 2 aromatic rings. The summed E-state index contributed by atoms with van der Waals surface area (Å²) < 4.78 is 19.1. The van der Waals surface area contributed by atoms with Crippen molar-refractivity contribution < 1.29 is 18.8 Å². The maximum atomic E-state index is 13.3. The molecular weight excluding hydrogens is 345 g/mol. The third-order valence-corrected chi connectivity index (χ3v) is 3.08. The van der Waals surface area contributed by atoms with Gasteiger partial charge in [-0.15, -0.1) is 0 Å². The van der Waals surface area contributed by atoms with Crippen molar-refractivity contribution >= 4 is 27.4 Å². The van der Waals surface area contributed by atoms with Crippen LogP contribution >= 0.6 is 15.9 Å². The molecule has 0 saturated carbocycles. The minimum atomic E-state index is -0.657. The molecule has 0 radical (unpaired) electrons. The molecule has 108 valence electrons. The van der Waals surface area contributed by atoms with E-state index >= 15 is 0 Å². The molecule has 0 heterocycles. The number of nitrogens with zero attached hydrogens (tertiary/aromatic N) is 1. The van der Waals surface area contributed by atoms with Crippen molar-refractivity contribution in [3.63, 3.8) is 0 Å². The van der Waals surface area contributed by atoms with Gasteiger partial charge in [0, 0.05) is 22.2 Å². The van der Waals surface area contributed by atoms with Crippen molar-refractivity contribution in [2.45, 2.75) is 6.92 Å². The third kappa shape index (κ3) is 3.63. The highest BCUT2D eigenvalue weighted by molar-refractivity contribution is 9.10. The van der Waals surface area contributed by atoms with Gasteiger partial charge in [-0.1, -0.05) is 15.9 Å². The summed E-state index contributed by atoms with van der Waals surface area (Å²) in [6.07, 6.45) is 0. The number of Topliss-reactive ketones (excluding diaryl/α,β-unsaturated/α-hetero) is 1. The van der Waals surface area contributed by atoms with Crippen molar-refractivity contribution in [2.75, 3.05) is 0 Å². The van der Waals surface area contributed by atoms with Crippen LogP contribution in [0.15, 0.2) is 40.9 Å². The maximum Gasteiger partial charge on any atom is 0.312 e. The fraction of sp³-hybridized carbons (Fsp3) is 0.0714. The molecule has 2 rings (SSSR count). The lowest BCUT2D eigenvalue weighted by Gasteiger charge is -2.08. The first-order valence-corrected chi connectivity index (χ1v) is 6.59. The van der Waals surface area contributed by atoms with E-state index in [0.29, 0.717) is 4.47 Å². The number of ketones is 1. The Morgan fingerprint density at radius 3 is 2.57 bits per heavy atom. The van der Waals surface area contributed by atoms with Gasteiger partial charge in [-0.25, -0.2) is 4.39 Å². The molecule has 0 aromatic heterocycles. The molecule has 21 heavy (non-hydrogen) atoms. The van der Waals surface area contributed by atoms with Crippen LogP contribution in [-0.2, 0) is 0 Å². The van der Waals surface area contributed by atoms with Crippen LogP contribution in [0.25, 0.3) is 0 Å². The van der Waals surface area contributed by atoms with Crippen LogP contribution in [0.1, 0.15) is 17.3 Å². The van der Waals surface area contributed by atoms with Crippen LogP contribution in [-0.4, -0.2) is 10.7 Å². The van der Waals surface area contributed by atoms with Crippen molar-refractivity contribution in [2.24, 2.45) is 0 Å². The predicted molar refractivity (Wildman–Crippen MR) is 77.3 cm³/mol. The van der Waals surface area contributed by atoms with Gasteiger partial charge in [0.05, 0.1) is 4.92 Å².